The van der Waals surface area contributed by atoms with E-state index in [9.17, 15) is 8.78 Å². The second-order valence-electron chi connectivity index (χ2n) is 2.64. The van der Waals surface area contributed by atoms with Crippen molar-refractivity contribution in [3.8, 4) is 0 Å². The maximum Gasteiger partial charge on any atom is 0.260 e. The third-order valence-electron chi connectivity index (χ3n) is 1.87. The van der Waals surface area contributed by atoms with Crippen LogP contribution in [-0.2, 0) is 0 Å². The van der Waals surface area contributed by atoms with E-state index in [4.69, 9.17) is 0 Å². The Morgan fingerprint density at radius 1 is 1.56 bits per heavy atom. The summed E-state index contributed by atoms with van der Waals surface area (Å²) in [6.45, 7) is 3.62. The Morgan fingerprint density at radius 3 is 2.22 bits per heavy atom. The Labute approximate surface area is 53.6 Å². The van der Waals surface area contributed by atoms with E-state index >= 15 is 0 Å². The molecule has 0 heterocycles. The summed E-state index contributed by atoms with van der Waals surface area (Å²) >= 11 is 0. The molecule has 1 rings (SSSR count). The van der Waals surface area contributed by atoms with Crippen molar-refractivity contribution < 1.29 is 8.78 Å². The Hall–Kier alpha value is -0.400. The average Bonchev–Trinajstić information content (AvgIpc) is 1.62. The molecule has 0 amide bonds. The van der Waals surface area contributed by atoms with Gasteiger partial charge in [0.25, 0.3) is 6.43 Å². The first-order valence-electron chi connectivity index (χ1n) is 3.10. The topological polar surface area (TPSA) is 0 Å². The molecule has 52 valence electrons. The van der Waals surface area contributed by atoms with Crippen molar-refractivity contribution in [1.82, 2.24) is 0 Å². The average molecular weight is 132 g/mol. The molecule has 0 aliphatic heterocycles. The predicted molar refractivity (Wildman–Crippen MR) is 32.5 cm³/mol. The van der Waals surface area contributed by atoms with Gasteiger partial charge in [-0.3, -0.25) is 0 Å². The van der Waals surface area contributed by atoms with Crippen LogP contribution in [0.2, 0.25) is 0 Å². The first kappa shape index (κ1) is 6.72. The molecular weight excluding hydrogens is 122 g/mol. The van der Waals surface area contributed by atoms with Crippen molar-refractivity contribution in [2.75, 3.05) is 0 Å². The zero-order chi connectivity index (χ0) is 7.02. The molecule has 9 heavy (non-hydrogen) atoms. The summed E-state index contributed by atoms with van der Waals surface area (Å²) < 4.78 is 23.8. The second-order valence-corrected chi connectivity index (χ2v) is 2.64. The standard InChI is InChI=1S/C7H10F2/c1-4-3-5(2)6(4)7(8)9/h4,7H,3H2,1-2H3. The third-order valence-corrected chi connectivity index (χ3v) is 1.87. The van der Waals surface area contributed by atoms with Crippen molar-refractivity contribution in [2.24, 2.45) is 5.92 Å². The lowest BCUT2D eigenvalue weighted by atomic mass is 9.80. The van der Waals surface area contributed by atoms with E-state index in [0.29, 0.717) is 5.57 Å². The second kappa shape index (κ2) is 2.09. The molecule has 0 fully saturated rings. The van der Waals surface area contributed by atoms with Gasteiger partial charge >= 0.3 is 0 Å². The molecule has 0 nitrogen and oxygen atoms in total. The minimum absolute atomic E-state index is 0.130. The van der Waals surface area contributed by atoms with Crippen LogP contribution in [-0.4, -0.2) is 6.43 Å². The van der Waals surface area contributed by atoms with Crippen LogP contribution in [0.15, 0.2) is 11.1 Å². The van der Waals surface area contributed by atoms with Gasteiger partial charge in [0.05, 0.1) is 0 Å². The molecule has 0 spiro atoms. The van der Waals surface area contributed by atoms with Crippen molar-refractivity contribution in [3.05, 3.63) is 11.1 Å². The molecule has 0 aromatic rings. The maximum absolute atomic E-state index is 11.9. The van der Waals surface area contributed by atoms with Gasteiger partial charge in [0.15, 0.2) is 0 Å². The highest BCUT2D eigenvalue weighted by Gasteiger charge is 2.28. The van der Waals surface area contributed by atoms with E-state index in [1.165, 1.54) is 0 Å². The van der Waals surface area contributed by atoms with Crippen LogP contribution in [0.25, 0.3) is 0 Å². The van der Waals surface area contributed by atoms with E-state index in [2.05, 4.69) is 0 Å². The molecule has 1 unspecified atom stereocenters. The lowest BCUT2D eigenvalue weighted by Gasteiger charge is -2.28. The molecule has 1 atom stereocenters. The third kappa shape index (κ3) is 0.979. The van der Waals surface area contributed by atoms with Crippen LogP contribution in [0.1, 0.15) is 20.3 Å². The van der Waals surface area contributed by atoms with Gasteiger partial charge in [0.2, 0.25) is 0 Å². The summed E-state index contributed by atoms with van der Waals surface area (Å²) in [7, 11) is 0. The summed E-state index contributed by atoms with van der Waals surface area (Å²) in [5.41, 5.74) is 1.26. The van der Waals surface area contributed by atoms with Crippen LogP contribution >= 0.6 is 0 Å². The highest BCUT2D eigenvalue weighted by atomic mass is 19.3. The van der Waals surface area contributed by atoms with Gasteiger partial charge in [-0.15, -0.1) is 0 Å². The number of halogens is 2. The molecule has 0 aromatic heterocycles. The number of alkyl halides is 2. The molecule has 2 heteroatoms. The molecular formula is C7H10F2. The summed E-state index contributed by atoms with van der Waals surface area (Å²) in [5, 5.41) is 0. The van der Waals surface area contributed by atoms with Gasteiger partial charge < -0.3 is 0 Å². The van der Waals surface area contributed by atoms with Crippen LogP contribution in [0.3, 0.4) is 0 Å². The monoisotopic (exact) mass is 132 g/mol. The van der Waals surface area contributed by atoms with Crippen molar-refractivity contribution in [2.45, 2.75) is 26.7 Å². The fourth-order valence-electron chi connectivity index (χ4n) is 1.38. The highest BCUT2D eigenvalue weighted by Crippen LogP contribution is 2.37. The van der Waals surface area contributed by atoms with Gasteiger partial charge in [0.1, 0.15) is 0 Å². The zero-order valence-corrected chi connectivity index (χ0v) is 5.62. The van der Waals surface area contributed by atoms with E-state index in [0.717, 1.165) is 12.0 Å². The quantitative estimate of drug-likeness (QED) is 0.481. The minimum Gasteiger partial charge on any atom is -0.205 e. The zero-order valence-electron chi connectivity index (χ0n) is 5.62. The number of hydrogen-bond acceptors (Lipinski definition) is 0. The van der Waals surface area contributed by atoms with Crippen LogP contribution in [0, 0.1) is 5.92 Å². The fourth-order valence-corrected chi connectivity index (χ4v) is 1.38. The molecule has 0 bridgehead atoms. The van der Waals surface area contributed by atoms with Crippen LogP contribution < -0.4 is 0 Å². The smallest absolute Gasteiger partial charge is 0.205 e. The Balaban J connectivity index is 2.68. The Kier molecular flexibility index (Phi) is 1.56. The molecule has 0 saturated carbocycles. The van der Waals surface area contributed by atoms with Gasteiger partial charge in [-0.25, -0.2) is 8.78 Å². The fraction of sp³-hybridized carbons (Fsp3) is 0.714. The highest BCUT2D eigenvalue weighted by molar-refractivity contribution is 5.27. The molecule has 1 aliphatic rings. The summed E-state index contributed by atoms with van der Waals surface area (Å²) in [5.74, 6) is 0.130. The number of rotatable bonds is 1. The van der Waals surface area contributed by atoms with Crippen molar-refractivity contribution in [3.63, 3.8) is 0 Å². The van der Waals surface area contributed by atoms with Crippen LogP contribution in [0.4, 0.5) is 8.78 Å². The van der Waals surface area contributed by atoms with E-state index in [1.807, 2.05) is 6.92 Å². The summed E-state index contributed by atoms with van der Waals surface area (Å²) in [6.07, 6.45) is -1.35. The van der Waals surface area contributed by atoms with Gasteiger partial charge in [-0.2, -0.15) is 0 Å². The first-order valence-corrected chi connectivity index (χ1v) is 3.10. The van der Waals surface area contributed by atoms with Gasteiger partial charge in [-0.05, 0) is 24.8 Å². The Bertz CT molecular complexity index is 147. The Morgan fingerprint density at radius 2 is 2.11 bits per heavy atom. The van der Waals surface area contributed by atoms with Crippen molar-refractivity contribution in [1.29, 1.82) is 0 Å². The van der Waals surface area contributed by atoms with E-state index < -0.39 is 6.43 Å². The minimum atomic E-state index is -2.21. The molecule has 0 radical (unpaired) electrons. The molecule has 0 saturated heterocycles. The van der Waals surface area contributed by atoms with Crippen LogP contribution in [0.5, 0.6) is 0 Å². The number of allylic oxidation sites excluding steroid dienone is 2. The largest absolute Gasteiger partial charge is 0.260 e. The summed E-state index contributed by atoms with van der Waals surface area (Å²) in [4.78, 5) is 0. The van der Waals surface area contributed by atoms with Gasteiger partial charge in [-0.1, -0.05) is 12.5 Å². The van der Waals surface area contributed by atoms with E-state index in [-0.39, 0.29) is 5.92 Å². The predicted octanol–water partition coefficient (Wildman–Crippen LogP) is 2.61. The van der Waals surface area contributed by atoms with Gasteiger partial charge in [0, 0.05) is 0 Å². The lowest BCUT2D eigenvalue weighted by Crippen LogP contribution is -2.19. The normalized spacial score (nSPS) is 27.0. The van der Waals surface area contributed by atoms with Crippen molar-refractivity contribution >= 4 is 0 Å². The maximum atomic E-state index is 11.9. The molecule has 1 aliphatic carbocycles. The molecule has 0 N–H and O–H groups in total. The summed E-state index contributed by atoms with van der Waals surface area (Å²) in [6, 6.07) is 0. The first-order chi connectivity index (χ1) is 4.13. The lowest BCUT2D eigenvalue weighted by molar-refractivity contribution is 0.164. The van der Waals surface area contributed by atoms with E-state index in [1.54, 1.807) is 6.92 Å². The molecule has 0 aromatic carbocycles. The SMILES string of the molecule is CC1=C(C(F)F)C(C)C1. The number of hydrogen-bond donors (Lipinski definition) is 0.